The molecule has 0 spiro atoms. The topological polar surface area (TPSA) is 100 Å². The average Bonchev–Trinajstić information content (AvgIpc) is 2.76. The average molecular weight is 303 g/mol. The van der Waals surface area contributed by atoms with Crippen LogP contribution >= 0.6 is 0 Å². The van der Waals surface area contributed by atoms with Gasteiger partial charge in [0.15, 0.2) is 0 Å². The van der Waals surface area contributed by atoms with Gasteiger partial charge in [0.05, 0.1) is 6.10 Å². The number of nitrogens with zero attached hydrogens (tertiary/aromatic N) is 1. The summed E-state index contributed by atoms with van der Waals surface area (Å²) in [6.45, 7) is 1.90. The van der Waals surface area contributed by atoms with E-state index in [1.807, 2.05) is 0 Å². The van der Waals surface area contributed by atoms with E-state index in [0.29, 0.717) is 12.8 Å². The summed E-state index contributed by atoms with van der Waals surface area (Å²) in [5.74, 6) is -0.344. The van der Waals surface area contributed by atoms with Crippen molar-refractivity contribution in [1.82, 2.24) is 14.6 Å². The molecular weight excluding hydrogens is 282 g/mol. The van der Waals surface area contributed by atoms with Crippen molar-refractivity contribution in [2.45, 2.75) is 30.8 Å². The van der Waals surface area contributed by atoms with Crippen molar-refractivity contribution in [3.8, 4) is 0 Å². The molecule has 1 amide bonds. The van der Waals surface area contributed by atoms with E-state index in [2.05, 4.69) is 10.0 Å². The van der Waals surface area contributed by atoms with Crippen LogP contribution < -0.4 is 10.0 Å². The lowest BCUT2D eigenvalue weighted by atomic mass is 10.2. The highest BCUT2D eigenvalue weighted by atomic mass is 32.2. The van der Waals surface area contributed by atoms with Crippen molar-refractivity contribution in [3.63, 3.8) is 0 Å². The molecule has 114 valence electrons. The number of aliphatic hydroxyl groups excluding tert-OH is 1. The van der Waals surface area contributed by atoms with E-state index >= 15 is 0 Å². The lowest BCUT2D eigenvalue weighted by Crippen LogP contribution is -2.25. The molecule has 0 bridgehead atoms. The fourth-order valence-electron chi connectivity index (χ4n) is 1.72. The predicted octanol–water partition coefficient (Wildman–Crippen LogP) is -0.176. The molecule has 20 heavy (non-hydrogen) atoms. The number of carbonyl (C=O) groups is 1. The SMILES string of the molecule is CNC(=O)c1cc(S(=O)(=O)NCCCC(C)O)cn1C. The van der Waals surface area contributed by atoms with Gasteiger partial charge in [-0.25, -0.2) is 13.1 Å². The minimum absolute atomic E-state index is 0.0515. The second-order valence-electron chi connectivity index (χ2n) is 4.64. The molecule has 3 N–H and O–H groups in total. The first kappa shape index (κ1) is 16.7. The third-order valence-corrected chi connectivity index (χ3v) is 4.27. The summed E-state index contributed by atoms with van der Waals surface area (Å²) in [4.78, 5) is 11.6. The standard InChI is InChI=1S/C12H21N3O4S/c1-9(16)5-4-6-14-20(18,19)10-7-11(12(17)13-2)15(3)8-10/h7-9,14,16H,4-6H2,1-3H3,(H,13,17). The zero-order valence-corrected chi connectivity index (χ0v) is 12.7. The van der Waals surface area contributed by atoms with Crippen LogP contribution in [0.4, 0.5) is 0 Å². The van der Waals surface area contributed by atoms with Gasteiger partial charge < -0.3 is 15.0 Å². The van der Waals surface area contributed by atoms with Gasteiger partial charge in [-0.15, -0.1) is 0 Å². The fourth-order valence-corrected chi connectivity index (χ4v) is 2.87. The molecule has 1 unspecified atom stereocenters. The second kappa shape index (κ2) is 6.87. The van der Waals surface area contributed by atoms with Gasteiger partial charge in [-0.3, -0.25) is 4.79 Å². The molecule has 1 aromatic heterocycles. The monoisotopic (exact) mass is 303 g/mol. The normalized spacial score (nSPS) is 13.2. The highest BCUT2D eigenvalue weighted by Gasteiger charge is 2.19. The summed E-state index contributed by atoms with van der Waals surface area (Å²) in [6, 6.07) is 1.33. The molecule has 1 rings (SSSR count). The van der Waals surface area contributed by atoms with Crippen LogP contribution in [0.15, 0.2) is 17.2 Å². The molecular formula is C12H21N3O4S. The van der Waals surface area contributed by atoms with Gasteiger partial charge >= 0.3 is 0 Å². The van der Waals surface area contributed by atoms with Crippen LogP contribution in [0.1, 0.15) is 30.3 Å². The Labute approximate surface area is 119 Å². The van der Waals surface area contributed by atoms with Crippen molar-refractivity contribution in [1.29, 1.82) is 0 Å². The fraction of sp³-hybridized carbons (Fsp3) is 0.583. The van der Waals surface area contributed by atoms with Crippen molar-refractivity contribution in [3.05, 3.63) is 18.0 Å². The maximum absolute atomic E-state index is 12.0. The van der Waals surface area contributed by atoms with Gasteiger partial charge in [-0.05, 0) is 25.8 Å². The summed E-state index contributed by atoms with van der Waals surface area (Å²) in [7, 11) is -0.542. The second-order valence-corrected chi connectivity index (χ2v) is 6.41. The van der Waals surface area contributed by atoms with E-state index < -0.39 is 16.1 Å². The first-order chi connectivity index (χ1) is 9.27. The van der Waals surface area contributed by atoms with Gasteiger partial charge in [0.25, 0.3) is 5.91 Å². The minimum Gasteiger partial charge on any atom is -0.393 e. The molecule has 1 heterocycles. The predicted molar refractivity (Wildman–Crippen MR) is 74.9 cm³/mol. The van der Waals surface area contributed by atoms with Crippen molar-refractivity contribution in [2.24, 2.45) is 7.05 Å². The van der Waals surface area contributed by atoms with E-state index in [4.69, 9.17) is 5.11 Å². The molecule has 8 heteroatoms. The van der Waals surface area contributed by atoms with Gasteiger partial charge in [0.1, 0.15) is 10.6 Å². The molecule has 1 atom stereocenters. The smallest absolute Gasteiger partial charge is 0.267 e. The van der Waals surface area contributed by atoms with E-state index in [1.165, 1.54) is 23.9 Å². The van der Waals surface area contributed by atoms with E-state index in [9.17, 15) is 13.2 Å². The first-order valence-corrected chi connectivity index (χ1v) is 7.82. The van der Waals surface area contributed by atoms with E-state index in [1.54, 1.807) is 14.0 Å². The Hall–Kier alpha value is -1.38. The molecule has 0 aromatic carbocycles. The molecule has 0 aliphatic carbocycles. The zero-order chi connectivity index (χ0) is 15.3. The molecule has 1 aromatic rings. The first-order valence-electron chi connectivity index (χ1n) is 6.34. The summed E-state index contributed by atoms with van der Waals surface area (Å²) >= 11 is 0. The summed E-state index contributed by atoms with van der Waals surface area (Å²) in [6.07, 6.45) is 2.02. The number of nitrogens with one attached hydrogen (secondary N) is 2. The van der Waals surface area contributed by atoms with E-state index in [0.717, 1.165) is 0 Å². The van der Waals surface area contributed by atoms with Crippen LogP contribution in [0.2, 0.25) is 0 Å². The van der Waals surface area contributed by atoms with E-state index in [-0.39, 0.29) is 23.0 Å². The maximum Gasteiger partial charge on any atom is 0.267 e. The number of amides is 1. The molecule has 0 fully saturated rings. The van der Waals surface area contributed by atoms with Crippen LogP contribution in [-0.2, 0) is 17.1 Å². The minimum atomic E-state index is -3.63. The van der Waals surface area contributed by atoms with Gasteiger partial charge in [0, 0.05) is 26.8 Å². The number of aliphatic hydroxyl groups is 1. The lowest BCUT2D eigenvalue weighted by Gasteiger charge is -2.06. The third kappa shape index (κ3) is 4.32. The number of rotatable bonds is 7. The molecule has 7 nitrogen and oxygen atoms in total. The number of hydrogen-bond acceptors (Lipinski definition) is 4. The van der Waals surface area contributed by atoms with Crippen molar-refractivity contribution >= 4 is 15.9 Å². The quantitative estimate of drug-likeness (QED) is 0.609. The number of hydrogen-bond donors (Lipinski definition) is 3. The molecule has 0 saturated heterocycles. The van der Waals surface area contributed by atoms with Gasteiger partial charge in [-0.1, -0.05) is 0 Å². The number of carbonyl (C=O) groups excluding carboxylic acids is 1. The van der Waals surface area contributed by atoms with Crippen LogP contribution in [0, 0.1) is 0 Å². The molecule has 0 saturated carbocycles. The lowest BCUT2D eigenvalue weighted by molar-refractivity contribution is 0.0955. The Kier molecular flexibility index (Phi) is 5.73. The summed E-state index contributed by atoms with van der Waals surface area (Å²) < 4.78 is 28.0. The van der Waals surface area contributed by atoms with Crippen LogP contribution in [-0.4, -0.2) is 43.7 Å². The Morgan fingerprint density at radius 2 is 2.15 bits per heavy atom. The Morgan fingerprint density at radius 1 is 1.50 bits per heavy atom. The molecule has 0 aliphatic heterocycles. The van der Waals surface area contributed by atoms with Crippen LogP contribution in [0.5, 0.6) is 0 Å². The summed E-state index contributed by atoms with van der Waals surface area (Å²) in [5.41, 5.74) is 0.275. The van der Waals surface area contributed by atoms with Crippen molar-refractivity contribution < 1.29 is 18.3 Å². The van der Waals surface area contributed by atoms with Gasteiger partial charge in [0.2, 0.25) is 10.0 Å². The Bertz CT molecular complexity index is 563. The number of sulfonamides is 1. The van der Waals surface area contributed by atoms with Gasteiger partial charge in [-0.2, -0.15) is 0 Å². The Morgan fingerprint density at radius 3 is 2.70 bits per heavy atom. The largest absolute Gasteiger partial charge is 0.393 e. The molecule has 0 aliphatic rings. The summed E-state index contributed by atoms with van der Waals surface area (Å²) in [5, 5.41) is 11.6. The van der Waals surface area contributed by atoms with Crippen LogP contribution in [0.3, 0.4) is 0 Å². The van der Waals surface area contributed by atoms with Crippen molar-refractivity contribution in [2.75, 3.05) is 13.6 Å². The third-order valence-electron chi connectivity index (χ3n) is 2.84. The highest BCUT2D eigenvalue weighted by Crippen LogP contribution is 2.13. The van der Waals surface area contributed by atoms with Crippen LogP contribution in [0.25, 0.3) is 0 Å². The molecule has 0 radical (unpaired) electrons. The maximum atomic E-state index is 12.0. The zero-order valence-electron chi connectivity index (χ0n) is 11.9. The number of aromatic nitrogens is 1. The highest BCUT2D eigenvalue weighted by molar-refractivity contribution is 7.89. The number of aryl methyl sites for hydroxylation is 1. The Balaban J connectivity index is 2.75.